The number of benzene rings is 2. The van der Waals surface area contributed by atoms with Crippen molar-refractivity contribution < 1.29 is 0 Å². The Kier molecular flexibility index (Phi) is 14.3. The largest absolute Gasteiger partial charge is 0.0683 e. The first-order valence-electron chi connectivity index (χ1n) is 9.50. The van der Waals surface area contributed by atoms with Crippen LogP contribution in [0.2, 0.25) is 0 Å². The molecule has 0 aliphatic rings. The van der Waals surface area contributed by atoms with E-state index in [2.05, 4.69) is 61.5 Å². The summed E-state index contributed by atoms with van der Waals surface area (Å²) in [6, 6.07) is 19.9. The van der Waals surface area contributed by atoms with Gasteiger partial charge in [0.15, 0.2) is 0 Å². The van der Waals surface area contributed by atoms with Crippen LogP contribution in [0.3, 0.4) is 0 Å². The molecule has 0 unspecified atom stereocenters. The number of unbranched alkanes of at least 4 members (excludes halogenated alkanes) is 2. The summed E-state index contributed by atoms with van der Waals surface area (Å²) in [4.78, 5) is 0. The SMILES string of the molecule is CC.CC.CCCCCc1cccc(CCc2ccccc2)c1. The molecule has 0 aliphatic heterocycles. The lowest BCUT2D eigenvalue weighted by molar-refractivity contribution is 0.717. The average molecular weight is 313 g/mol. The van der Waals surface area contributed by atoms with E-state index in [1.54, 1.807) is 0 Å². The second-order valence-electron chi connectivity index (χ2n) is 5.26. The second-order valence-corrected chi connectivity index (χ2v) is 5.26. The number of aryl methyl sites for hydroxylation is 3. The van der Waals surface area contributed by atoms with Crippen molar-refractivity contribution in [2.45, 2.75) is 73.1 Å². The summed E-state index contributed by atoms with van der Waals surface area (Å²) < 4.78 is 0. The van der Waals surface area contributed by atoms with Gasteiger partial charge < -0.3 is 0 Å². The first-order chi connectivity index (χ1) is 11.4. The molecule has 2 rings (SSSR count). The van der Waals surface area contributed by atoms with Crippen LogP contribution in [-0.2, 0) is 19.3 Å². The van der Waals surface area contributed by atoms with Crippen molar-refractivity contribution in [3.8, 4) is 0 Å². The van der Waals surface area contributed by atoms with Gasteiger partial charge >= 0.3 is 0 Å². The molecular weight excluding hydrogens is 276 g/mol. The van der Waals surface area contributed by atoms with E-state index >= 15 is 0 Å². The zero-order chi connectivity index (χ0) is 17.3. The predicted molar refractivity (Wildman–Crippen MR) is 106 cm³/mol. The van der Waals surface area contributed by atoms with Gasteiger partial charge in [-0.25, -0.2) is 0 Å². The number of rotatable bonds is 7. The zero-order valence-corrected chi connectivity index (χ0v) is 15.9. The van der Waals surface area contributed by atoms with Gasteiger partial charge in [0.2, 0.25) is 0 Å². The minimum Gasteiger partial charge on any atom is -0.0683 e. The first-order valence-corrected chi connectivity index (χ1v) is 9.50. The average Bonchev–Trinajstić information content (AvgIpc) is 2.65. The van der Waals surface area contributed by atoms with Crippen molar-refractivity contribution in [2.75, 3.05) is 0 Å². The lowest BCUT2D eigenvalue weighted by atomic mass is 10.0. The highest BCUT2D eigenvalue weighted by atomic mass is 14.0. The van der Waals surface area contributed by atoms with Gasteiger partial charge in [-0.05, 0) is 42.4 Å². The normalized spacial score (nSPS) is 9.26. The molecule has 2 aromatic carbocycles. The Morgan fingerprint density at radius 2 is 1.09 bits per heavy atom. The summed E-state index contributed by atoms with van der Waals surface area (Å²) in [5.74, 6) is 0. The minimum atomic E-state index is 1.14. The smallest absolute Gasteiger partial charge is 0.0238 e. The van der Waals surface area contributed by atoms with Crippen LogP contribution in [0.1, 0.15) is 70.6 Å². The molecule has 0 aliphatic carbocycles. The van der Waals surface area contributed by atoms with Gasteiger partial charge in [0.25, 0.3) is 0 Å². The van der Waals surface area contributed by atoms with Crippen molar-refractivity contribution in [3.63, 3.8) is 0 Å². The lowest BCUT2D eigenvalue weighted by Crippen LogP contribution is -1.93. The van der Waals surface area contributed by atoms with Crippen molar-refractivity contribution in [3.05, 3.63) is 71.3 Å². The van der Waals surface area contributed by atoms with Crippen molar-refractivity contribution in [1.82, 2.24) is 0 Å². The molecule has 0 N–H and O–H groups in total. The van der Waals surface area contributed by atoms with E-state index in [1.165, 1.54) is 42.4 Å². The molecule has 0 atom stereocenters. The third-order valence-corrected chi connectivity index (χ3v) is 3.61. The van der Waals surface area contributed by atoms with Crippen molar-refractivity contribution in [1.29, 1.82) is 0 Å². The number of hydrogen-bond acceptors (Lipinski definition) is 0. The van der Waals surface area contributed by atoms with Crippen LogP contribution in [0.5, 0.6) is 0 Å². The first kappa shape index (κ1) is 21.4. The van der Waals surface area contributed by atoms with Gasteiger partial charge in [0.05, 0.1) is 0 Å². The van der Waals surface area contributed by atoms with Crippen LogP contribution >= 0.6 is 0 Å². The Labute approximate surface area is 145 Å². The molecule has 128 valence electrons. The standard InChI is InChI=1S/C19H24.2C2H6/c1-2-3-5-11-18-12-8-13-19(16-18)15-14-17-9-6-4-7-10-17;2*1-2/h4,6-10,12-13,16H,2-3,5,11,14-15H2,1H3;2*1-2H3. The summed E-state index contributed by atoms with van der Waals surface area (Å²) in [6.45, 7) is 10.3. The Hall–Kier alpha value is -1.56. The van der Waals surface area contributed by atoms with E-state index < -0.39 is 0 Å². The molecule has 0 heterocycles. The Morgan fingerprint density at radius 1 is 0.565 bits per heavy atom. The highest BCUT2D eigenvalue weighted by Gasteiger charge is 1.98. The summed E-state index contributed by atoms with van der Waals surface area (Å²) in [5, 5.41) is 0. The van der Waals surface area contributed by atoms with Crippen LogP contribution in [-0.4, -0.2) is 0 Å². The van der Waals surface area contributed by atoms with Gasteiger partial charge in [-0.2, -0.15) is 0 Å². The molecule has 0 nitrogen and oxygen atoms in total. The van der Waals surface area contributed by atoms with E-state index in [-0.39, 0.29) is 0 Å². The van der Waals surface area contributed by atoms with E-state index in [9.17, 15) is 0 Å². The van der Waals surface area contributed by atoms with Crippen LogP contribution < -0.4 is 0 Å². The summed E-state index contributed by atoms with van der Waals surface area (Å²) in [7, 11) is 0. The minimum absolute atomic E-state index is 1.14. The maximum atomic E-state index is 2.39. The summed E-state index contributed by atoms with van der Waals surface area (Å²) >= 11 is 0. The third-order valence-electron chi connectivity index (χ3n) is 3.61. The molecule has 0 bridgehead atoms. The second kappa shape index (κ2) is 15.3. The maximum Gasteiger partial charge on any atom is -0.0238 e. The molecule has 0 aromatic heterocycles. The fraction of sp³-hybridized carbons (Fsp3) is 0.478. The molecule has 0 amide bonds. The van der Waals surface area contributed by atoms with Gasteiger partial charge in [-0.3, -0.25) is 0 Å². The number of hydrogen-bond donors (Lipinski definition) is 0. The topological polar surface area (TPSA) is 0 Å². The van der Waals surface area contributed by atoms with Crippen LogP contribution in [0.15, 0.2) is 54.6 Å². The monoisotopic (exact) mass is 312 g/mol. The quantitative estimate of drug-likeness (QED) is 0.472. The molecule has 0 saturated heterocycles. The van der Waals surface area contributed by atoms with Gasteiger partial charge in [-0.15, -0.1) is 0 Å². The Bertz CT molecular complexity index is 470. The van der Waals surface area contributed by atoms with E-state index in [4.69, 9.17) is 0 Å². The fourth-order valence-electron chi connectivity index (χ4n) is 2.45. The molecular formula is C23H36. The molecule has 2 aromatic rings. The molecule has 0 fully saturated rings. The predicted octanol–water partition coefficient (Wildman–Crippen LogP) is 7.26. The van der Waals surface area contributed by atoms with Gasteiger partial charge in [-0.1, -0.05) is 102 Å². The van der Waals surface area contributed by atoms with Gasteiger partial charge in [0.1, 0.15) is 0 Å². The zero-order valence-electron chi connectivity index (χ0n) is 15.9. The fourth-order valence-corrected chi connectivity index (χ4v) is 2.45. The maximum absolute atomic E-state index is 2.39. The van der Waals surface area contributed by atoms with E-state index in [0.717, 1.165) is 12.8 Å². The molecule has 0 saturated carbocycles. The van der Waals surface area contributed by atoms with Crippen LogP contribution in [0.25, 0.3) is 0 Å². The lowest BCUT2D eigenvalue weighted by Gasteiger charge is -2.05. The van der Waals surface area contributed by atoms with Gasteiger partial charge in [0, 0.05) is 0 Å². The van der Waals surface area contributed by atoms with Crippen LogP contribution in [0, 0.1) is 0 Å². The highest BCUT2D eigenvalue weighted by molar-refractivity contribution is 5.25. The van der Waals surface area contributed by atoms with E-state index in [1.807, 2.05) is 27.7 Å². The Balaban J connectivity index is 0.00000112. The van der Waals surface area contributed by atoms with Crippen molar-refractivity contribution in [2.24, 2.45) is 0 Å². The third kappa shape index (κ3) is 9.94. The summed E-state index contributed by atoms with van der Waals surface area (Å²) in [6.07, 6.45) is 7.47. The molecule has 0 radical (unpaired) electrons. The molecule has 23 heavy (non-hydrogen) atoms. The highest BCUT2D eigenvalue weighted by Crippen LogP contribution is 2.12. The summed E-state index contributed by atoms with van der Waals surface area (Å²) in [5.41, 5.74) is 4.40. The van der Waals surface area contributed by atoms with Crippen LogP contribution in [0.4, 0.5) is 0 Å². The van der Waals surface area contributed by atoms with Crippen molar-refractivity contribution >= 4 is 0 Å². The molecule has 0 heteroatoms. The Morgan fingerprint density at radius 3 is 1.70 bits per heavy atom. The molecule has 0 spiro atoms. The van der Waals surface area contributed by atoms with E-state index in [0.29, 0.717) is 0 Å².